The van der Waals surface area contributed by atoms with Gasteiger partial charge in [-0.05, 0) is 35.3 Å². The van der Waals surface area contributed by atoms with Crippen LogP contribution in [0.5, 0.6) is 0 Å². The summed E-state index contributed by atoms with van der Waals surface area (Å²) in [6, 6.07) is 16.8. The summed E-state index contributed by atoms with van der Waals surface area (Å²) in [6.07, 6.45) is 10.6. The second-order valence-corrected chi connectivity index (χ2v) is 14.4. The largest absolute Gasteiger partial charge is 0.409 e. The molecule has 0 radical (unpaired) electrons. The molecule has 0 heterocycles. The Labute approximate surface area is 245 Å². The molecule has 0 fully saturated rings. The number of benzene rings is 2. The Bertz CT molecular complexity index is 1150. The Morgan fingerprint density at radius 3 is 1.59 bits per heavy atom. The molecule has 2 aromatic carbocycles. The van der Waals surface area contributed by atoms with Crippen molar-refractivity contribution in [3.8, 4) is 0 Å². The molecule has 2 aliphatic rings. The van der Waals surface area contributed by atoms with E-state index in [1.807, 2.05) is 6.92 Å². The van der Waals surface area contributed by atoms with Gasteiger partial charge in [-0.3, -0.25) is 0 Å². The van der Waals surface area contributed by atoms with Crippen LogP contribution < -0.4 is 0 Å². The van der Waals surface area contributed by atoms with E-state index in [1.54, 1.807) is 34.5 Å². The van der Waals surface area contributed by atoms with Crippen molar-refractivity contribution < 1.29 is 32.8 Å². The number of fused-ring (bicyclic) bond motifs is 2. The maximum Gasteiger partial charge on any atom is 0.295 e. The summed E-state index contributed by atoms with van der Waals surface area (Å²) >= 11 is 0. The van der Waals surface area contributed by atoms with Gasteiger partial charge < -0.3 is 32.8 Å². The van der Waals surface area contributed by atoms with Crippen molar-refractivity contribution in [3.05, 3.63) is 95.6 Å². The highest BCUT2D eigenvalue weighted by Crippen LogP contribution is 2.59. The highest BCUT2D eigenvalue weighted by atomic mass is 28.4. The molecule has 0 aromatic heterocycles. The third kappa shape index (κ3) is 5.00. The minimum absolute atomic E-state index is 0.328. The van der Waals surface area contributed by atoms with E-state index in [1.165, 1.54) is 0 Å². The highest BCUT2D eigenvalue weighted by Gasteiger charge is 2.78. The molecule has 2 unspecified atom stereocenters. The van der Waals surface area contributed by atoms with Crippen LogP contribution in [0.2, 0.25) is 0 Å². The molecule has 41 heavy (non-hydrogen) atoms. The first-order valence-electron chi connectivity index (χ1n) is 14.1. The Morgan fingerprint density at radius 2 is 1.20 bits per heavy atom. The van der Waals surface area contributed by atoms with Crippen molar-refractivity contribution in [1.82, 2.24) is 0 Å². The van der Waals surface area contributed by atoms with Gasteiger partial charge in [-0.1, -0.05) is 79.4 Å². The fourth-order valence-corrected chi connectivity index (χ4v) is 13.3. The van der Waals surface area contributed by atoms with Gasteiger partial charge in [0, 0.05) is 35.0 Å². The molecule has 0 amide bonds. The summed E-state index contributed by atoms with van der Waals surface area (Å²) in [5.74, 6) is 0. The molecule has 7 nitrogen and oxygen atoms in total. The van der Waals surface area contributed by atoms with Gasteiger partial charge >= 0.3 is 0 Å². The Morgan fingerprint density at radius 1 is 0.732 bits per heavy atom. The number of hydrogen-bond acceptors (Lipinski definition) is 7. The molecule has 0 bridgehead atoms. The number of ether oxygens (including phenoxy) is 6. The van der Waals surface area contributed by atoms with Crippen LogP contribution in [0.1, 0.15) is 29.2 Å². The molecular formula is C33H44O7Si. The van der Waals surface area contributed by atoms with Gasteiger partial charge in [-0.2, -0.15) is 0 Å². The third-order valence-corrected chi connectivity index (χ3v) is 14.5. The van der Waals surface area contributed by atoms with Gasteiger partial charge in [0.1, 0.15) is 0 Å². The minimum Gasteiger partial charge on any atom is -0.409 e. The molecule has 4 rings (SSSR count). The number of hydrogen-bond donors (Lipinski definition) is 0. The summed E-state index contributed by atoms with van der Waals surface area (Å²) in [5, 5.41) is -1.56. The first kappa shape index (κ1) is 31.5. The third-order valence-electron chi connectivity index (χ3n) is 8.48. The maximum atomic E-state index is 7.36. The van der Waals surface area contributed by atoms with Gasteiger partial charge in [0.05, 0.1) is 49.7 Å². The Hall–Kier alpha value is -2.40. The van der Waals surface area contributed by atoms with E-state index in [0.29, 0.717) is 46.2 Å². The fourth-order valence-electron chi connectivity index (χ4n) is 6.84. The lowest BCUT2D eigenvalue weighted by Crippen LogP contribution is -2.82. The number of rotatable bonds is 18. The van der Waals surface area contributed by atoms with Crippen molar-refractivity contribution in [2.45, 2.75) is 22.4 Å². The summed E-state index contributed by atoms with van der Waals surface area (Å²) in [4.78, 5) is 0. The topological polar surface area (TPSA) is 64.6 Å². The molecule has 2 aromatic rings. The van der Waals surface area contributed by atoms with Gasteiger partial charge in [0.2, 0.25) is 0 Å². The summed E-state index contributed by atoms with van der Waals surface area (Å²) in [6.45, 7) is 9.19. The molecule has 222 valence electrons. The van der Waals surface area contributed by atoms with Crippen molar-refractivity contribution >= 4 is 20.5 Å². The molecule has 0 saturated heterocycles. The van der Waals surface area contributed by atoms with Gasteiger partial charge in [0.25, 0.3) is 8.32 Å². The molecule has 0 saturated carbocycles. The van der Waals surface area contributed by atoms with E-state index in [4.69, 9.17) is 32.8 Å². The zero-order valence-corrected chi connectivity index (χ0v) is 26.0. The second-order valence-electron chi connectivity index (χ2n) is 10.3. The zero-order chi connectivity index (χ0) is 29.4. The lowest BCUT2D eigenvalue weighted by molar-refractivity contribution is -0.136. The van der Waals surface area contributed by atoms with Crippen LogP contribution in [0.4, 0.5) is 0 Å². The summed E-state index contributed by atoms with van der Waals surface area (Å²) in [7, 11) is 2.98. The molecule has 0 N–H and O–H groups in total. The van der Waals surface area contributed by atoms with Crippen molar-refractivity contribution in [2.75, 3.05) is 74.7 Å². The van der Waals surface area contributed by atoms with E-state index < -0.39 is 23.8 Å². The minimum atomic E-state index is -3.70. The van der Waals surface area contributed by atoms with Gasteiger partial charge in [0.15, 0.2) is 5.41 Å². The van der Waals surface area contributed by atoms with Crippen LogP contribution in [-0.2, 0) is 42.9 Å². The van der Waals surface area contributed by atoms with Crippen molar-refractivity contribution in [1.29, 1.82) is 0 Å². The molecule has 0 spiro atoms. The SMILES string of the molecule is C=CC(OC)(OC)[Si](OCC)(C1(COCCOC)C=Cc2ccccc21)C1(COCCOC)C=Cc2ccccc21. The standard InChI is InChI=1S/C33H44O7Si/c1-7-33(36-5,37-6)41(40-8-2,31(25-38-23-21-34-3)19-17-27-13-9-11-15-29(27)31)32(26-39-24-22-35-4)20-18-28-14-10-12-16-30(28)32/h7,9-20H,1,8,21-26H2,2-6H3. The maximum absolute atomic E-state index is 7.36. The van der Waals surface area contributed by atoms with E-state index in [2.05, 4.69) is 79.4 Å². The zero-order valence-electron chi connectivity index (χ0n) is 25.0. The molecule has 2 aliphatic carbocycles. The Balaban J connectivity index is 2.12. The van der Waals surface area contributed by atoms with Gasteiger partial charge in [-0.25, -0.2) is 0 Å². The number of methoxy groups -OCH3 is 4. The van der Waals surface area contributed by atoms with Gasteiger partial charge in [-0.15, -0.1) is 0 Å². The average molecular weight is 581 g/mol. The van der Waals surface area contributed by atoms with E-state index in [9.17, 15) is 0 Å². The smallest absolute Gasteiger partial charge is 0.295 e. The van der Waals surface area contributed by atoms with Crippen LogP contribution in [0, 0.1) is 0 Å². The molecular weight excluding hydrogens is 536 g/mol. The second kappa shape index (κ2) is 13.7. The Kier molecular flexibility index (Phi) is 10.5. The summed E-state index contributed by atoms with van der Waals surface area (Å²) in [5.41, 5.74) is 3.10. The summed E-state index contributed by atoms with van der Waals surface area (Å²) < 4.78 is 44.0. The normalized spacial score (nSPS) is 22.5. The first-order chi connectivity index (χ1) is 20.0. The fraction of sp³-hybridized carbons (Fsp3) is 0.455. The van der Waals surface area contributed by atoms with E-state index >= 15 is 0 Å². The predicted octanol–water partition coefficient (Wildman–Crippen LogP) is 5.02. The van der Waals surface area contributed by atoms with Crippen LogP contribution in [0.25, 0.3) is 12.2 Å². The van der Waals surface area contributed by atoms with Crippen molar-refractivity contribution in [2.24, 2.45) is 0 Å². The quantitative estimate of drug-likeness (QED) is 0.106. The molecule has 8 heteroatoms. The van der Waals surface area contributed by atoms with E-state index in [0.717, 1.165) is 22.3 Å². The van der Waals surface area contributed by atoms with Crippen LogP contribution in [0.15, 0.2) is 73.3 Å². The van der Waals surface area contributed by atoms with E-state index in [-0.39, 0.29) is 0 Å². The van der Waals surface area contributed by atoms with Crippen LogP contribution in [0.3, 0.4) is 0 Å². The van der Waals surface area contributed by atoms with Crippen LogP contribution in [-0.4, -0.2) is 88.4 Å². The monoisotopic (exact) mass is 580 g/mol. The average Bonchev–Trinajstić information content (AvgIpc) is 3.58. The lowest BCUT2D eigenvalue weighted by atomic mass is 9.98. The predicted molar refractivity (Wildman–Crippen MR) is 164 cm³/mol. The lowest BCUT2D eigenvalue weighted by Gasteiger charge is -2.60. The highest BCUT2D eigenvalue weighted by molar-refractivity contribution is 6.84. The van der Waals surface area contributed by atoms with Crippen LogP contribution >= 0.6 is 0 Å². The molecule has 2 atom stereocenters. The molecule has 0 aliphatic heterocycles. The van der Waals surface area contributed by atoms with Crippen molar-refractivity contribution in [3.63, 3.8) is 0 Å². The first-order valence-corrected chi connectivity index (χ1v) is 16.0.